The minimum absolute atomic E-state index is 0.0731. The fourth-order valence-corrected chi connectivity index (χ4v) is 4.96. The predicted octanol–water partition coefficient (Wildman–Crippen LogP) is 7.02. The van der Waals surface area contributed by atoms with E-state index in [4.69, 9.17) is 4.74 Å². The topological polar surface area (TPSA) is 105 Å². The van der Waals surface area contributed by atoms with Crippen LogP contribution in [-0.4, -0.2) is 33.3 Å². The molecule has 0 saturated carbocycles. The van der Waals surface area contributed by atoms with Crippen molar-refractivity contribution in [2.24, 2.45) is 0 Å². The number of nitrogens with zero attached hydrogens (tertiary/aromatic N) is 3. The second-order valence-electron chi connectivity index (χ2n) is 8.94. The van der Waals surface area contributed by atoms with Crippen LogP contribution in [0.3, 0.4) is 0 Å². The summed E-state index contributed by atoms with van der Waals surface area (Å²) in [6, 6.07) is 29.1. The summed E-state index contributed by atoms with van der Waals surface area (Å²) in [6.45, 7) is 0.387. The maximum atomic E-state index is 13.2. The van der Waals surface area contributed by atoms with Gasteiger partial charge >= 0.3 is 6.03 Å². The van der Waals surface area contributed by atoms with Gasteiger partial charge in [-0.25, -0.2) is 4.79 Å². The van der Waals surface area contributed by atoms with E-state index in [-0.39, 0.29) is 11.9 Å². The fraction of sp³-hybridized carbons (Fsp3) is 0.0667. The summed E-state index contributed by atoms with van der Waals surface area (Å²) in [6.07, 6.45) is 4.15. The van der Waals surface area contributed by atoms with E-state index in [1.807, 2.05) is 78.9 Å². The largest absolute Gasteiger partial charge is 0.487 e. The number of tetrazole rings is 1. The van der Waals surface area contributed by atoms with Crippen molar-refractivity contribution < 1.29 is 9.53 Å². The van der Waals surface area contributed by atoms with Crippen molar-refractivity contribution >= 4 is 33.3 Å². The maximum absolute atomic E-state index is 13.2. The Hall–Kier alpha value is -4.76. The quantitative estimate of drug-likeness (QED) is 0.194. The SMILES string of the molecule is O=C(Nc1ccc(Br)cc1)Nc1cc(-c2ccccc2-c2nn[nH]n2)cc2c1OCC=CC2c1ccccc1. The van der Waals surface area contributed by atoms with Crippen LogP contribution in [0.2, 0.25) is 0 Å². The minimum atomic E-state index is -0.375. The van der Waals surface area contributed by atoms with Crippen molar-refractivity contribution in [1.29, 1.82) is 0 Å². The van der Waals surface area contributed by atoms with E-state index in [1.165, 1.54) is 0 Å². The molecular formula is C30H23BrN6O2. The Morgan fingerprint density at radius 3 is 2.46 bits per heavy atom. The number of hydrogen-bond donors (Lipinski definition) is 3. The molecule has 1 atom stereocenters. The number of fused-ring (bicyclic) bond motifs is 1. The lowest BCUT2D eigenvalue weighted by atomic mass is 9.87. The number of carbonyl (C=O) groups is 1. The van der Waals surface area contributed by atoms with Crippen molar-refractivity contribution in [3.8, 4) is 28.3 Å². The fourth-order valence-electron chi connectivity index (χ4n) is 4.69. The van der Waals surface area contributed by atoms with E-state index in [1.54, 1.807) is 0 Å². The summed E-state index contributed by atoms with van der Waals surface area (Å²) in [4.78, 5) is 13.2. The molecule has 0 radical (unpaired) electrons. The molecule has 2 amide bonds. The highest BCUT2D eigenvalue weighted by Crippen LogP contribution is 2.44. The average Bonchev–Trinajstić information content (AvgIpc) is 3.42. The second kappa shape index (κ2) is 10.9. The number of rotatable bonds is 5. The van der Waals surface area contributed by atoms with Crippen LogP contribution in [0.25, 0.3) is 22.5 Å². The zero-order valence-corrected chi connectivity index (χ0v) is 22.2. The van der Waals surface area contributed by atoms with Crippen molar-refractivity contribution in [2.45, 2.75) is 5.92 Å². The van der Waals surface area contributed by atoms with Gasteiger partial charge in [-0.05, 0) is 58.3 Å². The van der Waals surface area contributed by atoms with Gasteiger partial charge in [-0.15, -0.1) is 10.2 Å². The van der Waals surface area contributed by atoms with Gasteiger partial charge in [0.2, 0.25) is 5.82 Å². The third kappa shape index (κ3) is 5.30. The van der Waals surface area contributed by atoms with E-state index < -0.39 is 0 Å². The van der Waals surface area contributed by atoms with Crippen molar-refractivity contribution in [1.82, 2.24) is 20.6 Å². The number of carbonyl (C=O) groups excluding carboxylic acids is 1. The van der Waals surface area contributed by atoms with Crippen LogP contribution in [0.5, 0.6) is 5.75 Å². The molecule has 0 aliphatic carbocycles. The molecule has 192 valence electrons. The Morgan fingerprint density at radius 2 is 1.69 bits per heavy atom. The zero-order valence-electron chi connectivity index (χ0n) is 20.6. The maximum Gasteiger partial charge on any atom is 0.323 e. The lowest BCUT2D eigenvalue weighted by Gasteiger charge is -2.21. The van der Waals surface area contributed by atoms with E-state index in [9.17, 15) is 4.79 Å². The first-order chi connectivity index (χ1) is 19.2. The molecule has 0 bridgehead atoms. The Kier molecular flexibility index (Phi) is 6.88. The summed E-state index contributed by atoms with van der Waals surface area (Å²) < 4.78 is 7.15. The summed E-state index contributed by atoms with van der Waals surface area (Å²) in [5, 5.41) is 20.6. The van der Waals surface area contributed by atoms with Crippen LogP contribution in [0.4, 0.5) is 16.2 Å². The molecule has 4 aromatic carbocycles. The van der Waals surface area contributed by atoms with Crippen LogP contribution in [0.1, 0.15) is 17.0 Å². The number of amides is 2. The smallest absolute Gasteiger partial charge is 0.323 e. The minimum Gasteiger partial charge on any atom is -0.487 e. The number of urea groups is 1. The highest BCUT2D eigenvalue weighted by molar-refractivity contribution is 9.10. The first kappa shape index (κ1) is 24.6. The molecular weight excluding hydrogens is 556 g/mol. The van der Waals surface area contributed by atoms with Gasteiger partial charge in [0.15, 0.2) is 0 Å². The number of benzene rings is 4. The van der Waals surface area contributed by atoms with Crippen LogP contribution >= 0.6 is 15.9 Å². The van der Waals surface area contributed by atoms with Gasteiger partial charge in [0.25, 0.3) is 0 Å². The van der Waals surface area contributed by atoms with E-state index >= 15 is 0 Å². The number of anilines is 2. The lowest BCUT2D eigenvalue weighted by molar-refractivity contribution is 0.262. The number of H-pyrrole nitrogens is 1. The number of halogens is 1. The van der Waals surface area contributed by atoms with Crippen LogP contribution in [0.15, 0.2) is 108 Å². The average molecular weight is 579 g/mol. The highest BCUT2D eigenvalue weighted by atomic mass is 79.9. The lowest BCUT2D eigenvalue weighted by Crippen LogP contribution is -2.20. The summed E-state index contributed by atoms with van der Waals surface area (Å²) in [5.74, 6) is 1.04. The Balaban J connectivity index is 1.47. The predicted molar refractivity (Wildman–Crippen MR) is 155 cm³/mol. The molecule has 1 aliphatic heterocycles. The van der Waals surface area contributed by atoms with Gasteiger partial charge in [-0.2, -0.15) is 5.21 Å². The number of aromatic nitrogens is 4. The van der Waals surface area contributed by atoms with Crippen LogP contribution < -0.4 is 15.4 Å². The molecule has 0 fully saturated rings. The van der Waals surface area contributed by atoms with Crippen molar-refractivity contribution in [2.75, 3.05) is 17.2 Å². The molecule has 6 rings (SSSR count). The van der Waals surface area contributed by atoms with Gasteiger partial charge in [-0.3, -0.25) is 0 Å². The van der Waals surface area contributed by atoms with E-state index in [0.29, 0.717) is 29.6 Å². The first-order valence-corrected chi connectivity index (χ1v) is 13.1. The van der Waals surface area contributed by atoms with Crippen molar-refractivity contribution in [3.05, 3.63) is 119 Å². The van der Waals surface area contributed by atoms with Gasteiger partial charge < -0.3 is 15.4 Å². The molecule has 2 heterocycles. The number of hydrogen-bond acceptors (Lipinski definition) is 5. The standard InChI is InChI=1S/C30H23BrN6O2/c31-21-12-14-22(15-13-21)32-30(38)33-27-18-20(24-9-4-5-10-25(24)29-34-36-37-35-29)17-26-23(11-6-16-39-28(26)27)19-7-2-1-3-8-19/h1-15,17-18,23H,16H2,(H2,32,33,38)(H,34,35,36,37). The summed E-state index contributed by atoms with van der Waals surface area (Å²) in [5.41, 5.74) is 5.89. The number of aromatic amines is 1. The molecule has 0 spiro atoms. The third-order valence-electron chi connectivity index (χ3n) is 6.44. The molecule has 3 N–H and O–H groups in total. The molecule has 9 heteroatoms. The second-order valence-corrected chi connectivity index (χ2v) is 9.85. The molecule has 0 saturated heterocycles. The molecule has 39 heavy (non-hydrogen) atoms. The van der Waals surface area contributed by atoms with Crippen LogP contribution in [0, 0.1) is 0 Å². The summed E-state index contributed by atoms with van der Waals surface area (Å²) >= 11 is 3.42. The van der Waals surface area contributed by atoms with Crippen molar-refractivity contribution in [3.63, 3.8) is 0 Å². The van der Waals surface area contributed by atoms with Gasteiger partial charge in [0, 0.05) is 27.2 Å². The summed E-state index contributed by atoms with van der Waals surface area (Å²) in [7, 11) is 0. The van der Waals surface area contributed by atoms with E-state index in [0.717, 1.165) is 32.3 Å². The van der Waals surface area contributed by atoms with Gasteiger partial charge in [0.05, 0.1) is 5.69 Å². The number of ether oxygens (including phenoxy) is 1. The monoisotopic (exact) mass is 578 g/mol. The Morgan fingerprint density at radius 1 is 0.923 bits per heavy atom. The van der Waals surface area contributed by atoms with Gasteiger partial charge in [-0.1, -0.05) is 82.7 Å². The molecule has 1 aliphatic rings. The number of allylic oxidation sites excluding steroid dienone is 1. The Bertz CT molecular complexity index is 1640. The molecule has 1 unspecified atom stereocenters. The first-order valence-electron chi connectivity index (χ1n) is 12.3. The number of nitrogens with one attached hydrogen (secondary N) is 3. The Labute approximate surface area is 233 Å². The van der Waals surface area contributed by atoms with E-state index in [2.05, 4.69) is 71.5 Å². The molecule has 1 aromatic heterocycles. The third-order valence-corrected chi connectivity index (χ3v) is 6.97. The molecule has 5 aromatic rings. The van der Waals surface area contributed by atoms with Crippen LogP contribution in [-0.2, 0) is 0 Å². The molecule has 8 nitrogen and oxygen atoms in total. The van der Waals surface area contributed by atoms with Gasteiger partial charge in [0.1, 0.15) is 12.4 Å². The zero-order chi connectivity index (χ0) is 26.6. The normalized spacial score (nSPS) is 14.1. The highest BCUT2D eigenvalue weighted by Gasteiger charge is 2.24.